The zero-order valence-electron chi connectivity index (χ0n) is 14.8. The third kappa shape index (κ3) is 2.58. The molecular formula is C18H21F3N4O. The van der Waals surface area contributed by atoms with E-state index in [0.717, 1.165) is 19.2 Å². The van der Waals surface area contributed by atoms with Crippen LogP contribution in [0.3, 0.4) is 0 Å². The molecule has 1 unspecified atom stereocenters. The number of rotatable bonds is 3. The molecule has 1 aromatic heterocycles. The van der Waals surface area contributed by atoms with Crippen molar-refractivity contribution in [2.45, 2.75) is 25.6 Å². The predicted octanol–water partition coefficient (Wildman–Crippen LogP) is 2.41. The van der Waals surface area contributed by atoms with Gasteiger partial charge in [-0.05, 0) is 44.8 Å². The molecule has 5 nitrogen and oxygen atoms in total. The summed E-state index contributed by atoms with van der Waals surface area (Å²) < 4.78 is 41.3. The Hall–Kier alpha value is -2.09. The van der Waals surface area contributed by atoms with Crippen LogP contribution in [0.1, 0.15) is 25.1 Å². The second kappa shape index (κ2) is 5.45. The van der Waals surface area contributed by atoms with Gasteiger partial charge in [0, 0.05) is 18.4 Å². The van der Waals surface area contributed by atoms with E-state index < -0.39 is 17.3 Å². The summed E-state index contributed by atoms with van der Waals surface area (Å²) in [5, 5.41) is 11.0. The smallest absolute Gasteiger partial charge is 0.345 e. The van der Waals surface area contributed by atoms with Gasteiger partial charge in [-0.1, -0.05) is 12.1 Å². The van der Waals surface area contributed by atoms with Gasteiger partial charge in [-0.15, -0.1) is 0 Å². The van der Waals surface area contributed by atoms with Crippen LogP contribution in [0.4, 0.5) is 13.2 Å². The second-order valence-corrected chi connectivity index (χ2v) is 7.80. The highest BCUT2D eigenvalue weighted by Gasteiger charge is 2.57. The molecule has 0 bridgehead atoms. The molecule has 2 heterocycles. The summed E-state index contributed by atoms with van der Waals surface area (Å²) in [6.45, 7) is 5.27. The number of amides is 1. The average molecular weight is 366 g/mol. The van der Waals surface area contributed by atoms with Crippen molar-refractivity contribution in [1.29, 1.82) is 0 Å². The van der Waals surface area contributed by atoms with E-state index in [1.165, 1.54) is 17.8 Å². The lowest BCUT2D eigenvalue weighted by atomic mass is 9.95. The van der Waals surface area contributed by atoms with E-state index in [9.17, 15) is 18.0 Å². The number of hydrogen-bond donors (Lipinski definition) is 2. The Morgan fingerprint density at radius 1 is 1.27 bits per heavy atom. The quantitative estimate of drug-likeness (QED) is 0.877. The van der Waals surface area contributed by atoms with Gasteiger partial charge < -0.3 is 10.6 Å². The van der Waals surface area contributed by atoms with Crippen LogP contribution in [0.2, 0.25) is 0 Å². The fourth-order valence-corrected chi connectivity index (χ4v) is 4.29. The standard InChI is InChI=1S/C18H21F3N4O/c1-17(2,23-16(26)13-10-7-22-8-11(10)13)15-9-5-4-6-12(18(19,20)21)14(9)25(3)24-15/h4-6,10-11,13,22H,7-8H2,1-3H3,(H,23,26)/t10-,11+,13?. The van der Waals surface area contributed by atoms with Crippen LogP contribution in [0.25, 0.3) is 10.9 Å². The molecule has 2 aliphatic rings. The van der Waals surface area contributed by atoms with E-state index in [-0.39, 0.29) is 17.3 Å². The maximum absolute atomic E-state index is 13.3. The SMILES string of the molecule is Cn1nc(C(C)(C)NC(=O)C2[C@H]3CNC[C@@H]23)c2cccc(C(F)(F)F)c21. The van der Waals surface area contributed by atoms with Gasteiger partial charge in [-0.25, -0.2) is 0 Å². The number of carbonyl (C=O) groups excluding carboxylic acids is 1. The molecule has 1 saturated carbocycles. The monoisotopic (exact) mass is 366 g/mol. The number of fused-ring (bicyclic) bond motifs is 2. The van der Waals surface area contributed by atoms with Crippen molar-refractivity contribution in [3.63, 3.8) is 0 Å². The van der Waals surface area contributed by atoms with Crippen LogP contribution in [0.5, 0.6) is 0 Å². The number of halogens is 3. The third-order valence-corrected chi connectivity index (χ3v) is 5.59. The van der Waals surface area contributed by atoms with Crippen LogP contribution >= 0.6 is 0 Å². The summed E-state index contributed by atoms with van der Waals surface area (Å²) in [4.78, 5) is 12.6. The molecule has 0 radical (unpaired) electrons. The first-order valence-electron chi connectivity index (χ1n) is 8.67. The van der Waals surface area contributed by atoms with Crippen molar-refractivity contribution in [3.05, 3.63) is 29.5 Å². The van der Waals surface area contributed by atoms with Gasteiger partial charge in [-0.2, -0.15) is 18.3 Å². The number of piperidine rings is 1. The minimum absolute atomic E-state index is 0.00348. The zero-order chi connectivity index (χ0) is 18.9. The number of carbonyl (C=O) groups is 1. The highest BCUT2D eigenvalue weighted by Crippen LogP contribution is 2.49. The van der Waals surface area contributed by atoms with Crippen LogP contribution in [-0.2, 0) is 23.6 Å². The Kier molecular flexibility index (Phi) is 3.63. The number of nitrogens with one attached hydrogen (secondary N) is 2. The molecule has 140 valence electrons. The predicted molar refractivity (Wildman–Crippen MR) is 90.2 cm³/mol. The molecule has 8 heteroatoms. The number of aromatic nitrogens is 2. The van der Waals surface area contributed by atoms with Crippen LogP contribution in [0.15, 0.2) is 18.2 Å². The van der Waals surface area contributed by atoms with Crippen molar-refractivity contribution in [1.82, 2.24) is 20.4 Å². The molecule has 2 fully saturated rings. The molecule has 1 amide bonds. The third-order valence-electron chi connectivity index (χ3n) is 5.59. The zero-order valence-corrected chi connectivity index (χ0v) is 14.8. The molecule has 0 spiro atoms. The number of hydrogen-bond acceptors (Lipinski definition) is 3. The molecule has 1 aromatic carbocycles. The minimum atomic E-state index is -4.46. The molecule has 4 rings (SSSR count). The Bertz CT molecular complexity index is 876. The number of benzene rings is 1. The van der Waals surface area contributed by atoms with Gasteiger partial charge in [-0.3, -0.25) is 9.48 Å². The van der Waals surface area contributed by atoms with Crippen molar-refractivity contribution in [2.24, 2.45) is 24.8 Å². The molecule has 2 N–H and O–H groups in total. The van der Waals surface area contributed by atoms with Gasteiger partial charge in [0.2, 0.25) is 5.91 Å². The van der Waals surface area contributed by atoms with Crippen molar-refractivity contribution >= 4 is 16.8 Å². The van der Waals surface area contributed by atoms with Gasteiger partial charge in [0.05, 0.1) is 22.3 Å². The van der Waals surface area contributed by atoms with Crippen LogP contribution in [0, 0.1) is 17.8 Å². The fourth-order valence-electron chi connectivity index (χ4n) is 4.29. The lowest BCUT2D eigenvalue weighted by molar-refractivity contribution is -0.136. The molecule has 1 saturated heterocycles. The topological polar surface area (TPSA) is 59.0 Å². The summed E-state index contributed by atoms with van der Waals surface area (Å²) in [5.74, 6) is 0.708. The summed E-state index contributed by atoms with van der Waals surface area (Å²) in [6.07, 6.45) is -4.46. The number of alkyl halides is 3. The molecule has 3 atom stereocenters. The number of para-hydroxylation sites is 1. The molecule has 2 aromatic rings. The fraction of sp³-hybridized carbons (Fsp3) is 0.556. The normalized spacial score (nSPS) is 25.4. The largest absolute Gasteiger partial charge is 0.418 e. The average Bonchev–Trinajstić information content (AvgIpc) is 2.88. The van der Waals surface area contributed by atoms with E-state index in [4.69, 9.17) is 0 Å². The van der Waals surface area contributed by atoms with Gasteiger partial charge in [0.25, 0.3) is 0 Å². The van der Waals surface area contributed by atoms with Crippen molar-refractivity contribution in [3.8, 4) is 0 Å². The van der Waals surface area contributed by atoms with E-state index >= 15 is 0 Å². The Morgan fingerprint density at radius 2 is 1.92 bits per heavy atom. The first-order chi connectivity index (χ1) is 12.1. The molecular weight excluding hydrogens is 345 g/mol. The molecule has 26 heavy (non-hydrogen) atoms. The summed E-state index contributed by atoms with van der Waals surface area (Å²) >= 11 is 0. The summed E-state index contributed by atoms with van der Waals surface area (Å²) in [7, 11) is 1.50. The lowest BCUT2D eigenvalue weighted by Gasteiger charge is -2.25. The maximum atomic E-state index is 13.3. The minimum Gasteiger partial charge on any atom is -0.345 e. The van der Waals surface area contributed by atoms with E-state index in [1.807, 2.05) is 0 Å². The van der Waals surface area contributed by atoms with Crippen molar-refractivity contribution in [2.75, 3.05) is 13.1 Å². The van der Waals surface area contributed by atoms with E-state index in [1.54, 1.807) is 19.9 Å². The number of nitrogens with zero attached hydrogens (tertiary/aromatic N) is 2. The maximum Gasteiger partial charge on any atom is 0.418 e. The Morgan fingerprint density at radius 3 is 2.54 bits per heavy atom. The summed E-state index contributed by atoms with van der Waals surface area (Å²) in [5.41, 5.74) is -1.12. The highest BCUT2D eigenvalue weighted by atomic mass is 19.4. The Labute approximate surface area is 148 Å². The molecule has 1 aliphatic carbocycles. The lowest BCUT2D eigenvalue weighted by Crippen LogP contribution is -2.43. The van der Waals surface area contributed by atoms with Crippen LogP contribution in [-0.4, -0.2) is 28.8 Å². The number of aryl methyl sites for hydroxylation is 1. The summed E-state index contributed by atoms with van der Waals surface area (Å²) in [6, 6.07) is 4.06. The highest BCUT2D eigenvalue weighted by molar-refractivity contribution is 5.88. The van der Waals surface area contributed by atoms with E-state index in [2.05, 4.69) is 15.7 Å². The van der Waals surface area contributed by atoms with Crippen LogP contribution < -0.4 is 10.6 Å². The van der Waals surface area contributed by atoms with Gasteiger partial charge >= 0.3 is 6.18 Å². The van der Waals surface area contributed by atoms with Gasteiger partial charge in [0.15, 0.2) is 0 Å². The van der Waals surface area contributed by atoms with Crippen molar-refractivity contribution < 1.29 is 18.0 Å². The Balaban J connectivity index is 1.68. The van der Waals surface area contributed by atoms with E-state index in [0.29, 0.717) is 22.9 Å². The first kappa shape index (κ1) is 17.3. The second-order valence-electron chi connectivity index (χ2n) is 7.80. The molecule has 1 aliphatic heterocycles. The first-order valence-corrected chi connectivity index (χ1v) is 8.67. The van der Waals surface area contributed by atoms with Gasteiger partial charge in [0.1, 0.15) is 0 Å².